The standard InChI is InChI=1S/C18H19N5OS2/c1-3-23-17(15-10-9-14(25-2)11-19-15)21-22-18(23)26-12-16(24)20-13-7-5-4-6-8-13/h4-11H,3,12H2,1-2H3,(H,20,24). The van der Waals surface area contributed by atoms with Gasteiger partial charge in [0.1, 0.15) is 5.69 Å². The van der Waals surface area contributed by atoms with Crippen molar-refractivity contribution >= 4 is 35.1 Å². The highest BCUT2D eigenvalue weighted by molar-refractivity contribution is 7.99. The summed E-state index contributed by atoms with van der Waals surface area (Å²) in [7, 11) is 0. The van der Waals surface area contributed by atoms with Crippen LogP contribution in [0.3, 0.4) is 0 Å². The summed E-state index contributed by atoms with van der Waals surface area (Å²) in [6.45, 7) is 2.73. The van der Waals surface area contributed by atoms with Crippen molar-refractivity contribution < 1.29 is 4.79 Å². The molecule has 1 aromatic carbocycles. The fourth-order valence-electron chi connectivity index (χ4n) is 2.35. The summed E-state index contributed by atoms with van der Waals surface area (Å²) in [4.78, 5) is 17.7. The molecule has 3 aromatic rings. The summed E-state index contributed by atoms with van der Waals surface area (Å²) in [5.41, 5.74) is 1.56. The molecule has 0 aliphatic carbocycles. The van der Waals surface area contributed by atoms with Gasteiger partial charge in [0.15, 0.2) is 11.0 Å². The third-order valence-electron chi connectivity index (χ3n) is 3.62. The van der Waals surface area contributed by atoms with Crippen LogP contribution in [-0.2, 0) is 11.3 Å². The highest BCUT2D eigenvalue weighted by Gasteiger charge is 2.15. The molecule has 8 heteroatoms. The number of anilines is 1. The first-order valence-corrected chi connectivity index (χ1v) is 10.3. The maximum absolute atomic E-state index is 12.1. The smallest absolute Gasteiger partial charge is 0.234 e. The molecular weight excluding hydrogens is 366 g/mol. The lowest BCUT2D eigenvalue weighted by molar-refractivity contribution is -0.113. The van der Waals surface area contributed by atoms with Crippen LogP contribution in [0.1, 0.15) is 6.92 Å². The summed E-state index contributed by atoms with van der Waals surface area (Å²) < 4.78 is 1.97. The predicted molar refractivity (Wildman–Crippen MR) is 107 cm³/mol. The van der Waals surface area contributed by atoms with Crippen molar-refractivity contribution in [3.63, 3.8) is 0 Å². The number of rotatable bonds is 7. The highest BCUT2D eigenvalue weighted by atomic mass is 32.2. The van der Waals surface area contributed by atoms with Gasteiger partial charge in [0.2, 0.25) is 5.91 Å². The lowest BCUT2D eigenvalue weighted by atomic mass is 10.3. The van der Waals surface area contributed by atoms with Crippen molar-refractivity contribution in [3.8, 4) is 11.5 Å². The zero-order valence-corrected chi connectivity index (χ0v) is 16.2. The van der Waals surface area contributed by atoms with E-state index in [-0.39, 0.29) is 11.7 Å². The second-order valence-corrected chi connectivity index (χ2v) is 7.16. The Morgan fingerprint density at radius 3 is 2.62 bits per heavy atom. The molecule has 3 rings (SSSR count). The van der Waals surface area contributed by atoms with E-state index in [2.05, 4.69) is 20.5 Å². The Morgan fingerprint density at radius 1 is 1.15 bits per heavy atom. The molecule has 26 heavy (non-hydrogen) atoms. The Balaban J connectivity index is 1.68. The Hall–Kier alpha value is -2.32. The Labute approximate surface area is 160 Å². The van der Waals surface area contributed by atoms with E-state index >= 15 is 0 Å². The molecule has 0 radical (unpaired) electrons. The second-order valence-electron chi connectivity index (χ2n) is 5.34. The topological polar surface area (TPSA) is 72.7 Å². The number of carbonyl (C=O) groups excluding carboxylic acids is 1. The van der Waals surface area contributed by atoms with Crippen LogP contribution >= 0.6 is 23.5 Å². The number of amides is 1. The van der Waals surface area contributed by atoms with Crippen molar-refractivity contribution in [2.45, 2.75) is 23.5 Å². The van der Waals surface area contributed by atoms with Crippen LogP contribution in [0.2, 0.25) is 0 Å². The SMILES string of the molecule is CCn1c(SCC(=O)Nc2ccccc2)nnc1-c1ccc(SC)cn1. The van der Waals surface area contributed by atoms with E-state index in [9.17, 15) is 4.79 Å². The maximum atomic E-state index is 12.1. The number of thioether (sulfide) groups is 2. The largest absolute Gasteiger partial charge is 0.325 e. The number of para-hydroxylation sites is 1. The molecule has 0 unspecified atom stereocenters. The number of pyridine rings is 1. The van der Waals surface area contributed by atoms with E-state index in [4.69, 9.17) is 0 Å². The average Bonchev–Trinajstić information content (AvgIpc) is 3.10. The van der Waals surface area contributed by atoms with Gasteiger partial charge in [0.25, 0.3) is 0 Å². The first kappa shape index (κ1) is 18.5. The van der Waals surface area contributed by atoms with Crippen molar-refractivity contribution in [3.05, 3.63) is 48.7 Å². The molecule has 6 nitrogen and oxygen atoms in total. The molecule has 0 aliphatic rings. The van der Waals surface area contributed by atoms with E-state index < -0.39 is 0 Å². The number of nitrogens with zero attached hydrogens (tertiary/aromatic N) is 4. The van der Waals surface area contributed by atoms with E-state index in [0.717, 1.165) is 16.3 Å². The Kier molecular flexibility index (Phi) is 6.30. The van der Waals surface area contributed by atoms with E-state index in [1.165, 1.54) is 11.8 Å². The van der Waals surface area contributed by atoms with Gasteiger partial charge in [-0.3, -0.25) is 9.78 Å². The van der Waals surface area contributed by atoms with Crippen LogP contribution in [0.4, 0.5) is 5.69 Å². The van der Waals surface area contributed by atoms with Crippen LogP contribution in [0, 0.1) is 0 Å². The maximum Gasteiger partial charge on any atom is 0.234 e. The van der Waals surface area contributed by atoms with Crippen LogP contribution in [0.15, 0.2) is 58.7 Å². The number of hydrogen-bond acceptors (Lipinski definition) is 6. The molecule has 0 aliphatic heterocycles. The first-order chi connectivity index (χ1) is 12.7. The number of carbonyl (C=O) groups is 1. The monoisotopic (exact) mass is 385 g/mol. The second kappa shape index (κ2) is 8.86. The summed E-state index contributed by atoms with van der Waals surface area (Å²) in [6.07, 6.45) is 3.84. The lowest BCUT2D eigenvalue weighted by Crippen LogP contribution is -2.14. The molecule has 0 saturated carbocycles. The van der Waals surface area contributed by atoms with Crippen LogP contribution < -0.4 is 5.32 Å². The molecule has 2 heterocycles. The minimum Gasteiger partial charge on any atom is -0.325 e. The minimum absolute atomic E-state index is 0.0733. The fourth-order valence-corrected chi connectivity index (χ4v) is 3.52. The Bertz CT molecular complexity index is 865. The van der Waals surface area contributed by atoms with Gasteiger partial charge in [-0.25, -0.2) is 0 Å². The van der Waals surface area contributed by atoms with Gasteiger partial charge in [0, 0.05) is 23.3 Å². The molecule has 1 amide bonds. The van der Waals surface area contributed by atoms with Crippen molar-refractivity contribution in [2.75, 3.05) is 17.3 Å². The molecule has 134 valence electrons. The Morgan fingerprint density at radius 2 is 1.96 bits per heavy atom. The molecule has 0 spiro atoms. The van der Waals surface area contributed by atoms with Crippen molar-refractivity contribution in [1.82, 2.24) is 19.7 Å². The van der Waals surface area contributed by atoms with Gasteiger partial charge in [0.05, 0.1) is 5.75 Å². The molecule has 0 atom stereocenters. The number of aromatic nitrogens is 4. The zero-order valence-electron chi connectivity index (χ0n) is 14.5. The number of hydrogen-bond donors (Lipinski definition) is 1. The number of benzene rings is 1. The lowest BCUT2D eigenvalue weighted by Gasteiger charge is -2.07. The highest BCUT2D eigenvalue weighted by Crippen LogP contribution is 2.24. The third kappa shape index (κ3) is 4.44. The molecule has 0 fully saturated rings. The zero-order chi connectivity index (χ0) is 18.4. The minimum atomic E-state index is -0.0733. The van der Waals surface area contributed by atoms with Crippen molar-refractivity contribution in [2.24, 2.45) is 0 Å². The van der Waals surface area contributed by atoms with Gasteiger partial charge in [-0.1, -0.05) is 30.0 Å². The molecular formula is C18H19N5OS2. The third-order valence-corrected chi connectivity index (χ3v) is 5.30. The quantitative estimate of drug-likeness (QED) is 0.624. The van der Waals surface area contributed by atoms with Crippen LogP contribution in [0.25, 0.3) is 11.5 Å². The van der Waals surface area contributed by atoms with Gasteiger partial charge in [-0.05, 0) is 37.4 Å². The molecule has 2 aromatic heterocycles. The normalized spacial score (nSPS) is 10.7. The van der Waals surface area contributed by atoms with E-state index in [1.807, 2.05) is 66.4 Å². The molecule has 1 N–H and O–H groups in total. The fraction of sp³-hybridized carbons (Fsp3) is 0.222. The predicted octanol–water partition coefficient (Wildman–Crippen LogP) is 3.81. The summed E-state index contributed by atoms with van der Waals surface area (Å²) in [6, 6.07) is 13.4. The van der Waals surface area contributed by atoms with E-state index in [0.29, 0.717) is 17.5 Å². The molecule has 0 saturated heterocycles. The van der Waals surface area contributed by atoms with Gasteiger partial charge < -0.3 is 9.88 Å². The molecule has 0 bridgehead atoms. The summed E-state index contributed by atoms with van der Waals surface area (Å²) in [5.74, 6) is 0.910. The van der Waals surface area contributed by atoms with E-state index in [1.54, 1.807) is 11.8 Å². The van der Waals surface area contributed by atoms with Crippen molar-refractivity contribution in [1.29, 1.82) is 0 Å². The van der Waals surface area contributed by atoms with Crippen LogP contribution in [-0.4, -0.2) is 37.7 Å². The summed E-state index contributed by atoms with van der Waals surface area (Å²) in [5, 5.41) is 12.1. The van der Waals surface area contributed by atoms with Crippen LogP contribution in [0.5, 0.6) is 0 Å². The van der Waals surface area contributed by atoms with Gasteiger partial charge in [-0.15, -0.1) is 22.0 Å². The average molecular weight is 386 g/mol. The van der Waals surface area contributed by atoms with Gasteiger partial charge in [-0.2, -0.15) is 0 Å². The summed E-state index contributed by atoms with van der Waals surface area (Å²) >= 11 is 3.01. The van der Waals surface area contributed by atoms with Gasteiger partial charge >= 0.3 is 0 Å². The first-order valence-electron chi connectivity index (χ1n) is 8.12. The number of nitrogens with one attached hydrogen (secondary N) is 1.